The minimum absolute atomic E-state index is 0. The Morgan fingerprint density at radius 3 is 1.22 bits per heavy atom. The molecule has 0 radical (unpaired) electrons. The molecule has 2 heterocycles. The number of nitrogens with zero attached hydrogens (tertiary/aromatic N) is 8. The normalized spacial score (nSPS) is 11.4. The molecule has 0 saturated carbocycles. The molecule has 0 spiro atoms. The molecule has 0 unspecified atom stereocenters. The molecule has 4 rings (SSSR count). The maximum Gasteiger partial charge on any atom is 1.00 e. The molecule has 280 valence electrons. The van der Waals surface area contributed by atoms with E-state index in [0.29, 0.717) is 0 Å². The Morgan fingerprint density at radius 2 is 0.926 bits per heavy atom. The first-order valence-corrected chi connectivity index (χ1v) is 17.8. The van der Waals surface area contributed by atoms with Gasteiger partial charge in [-0.05, 0) is 35.4 Å². The summed E-state index contributed by atoms with van der Waals surface area (Å²) in [5.74, 6) is -0.763. The summed E-state index contributed by atoms with van der Waals surface area (Å²) in [6, 6.07) is 7.16. The van der Waals surface area contributed by atoms with Crippen molar-refractivity contribution in [3.63, 3.8) is 0 Å². The Balaban J connectivity index is 0.00000504. The molecule has 0 aliphatic carbocycles. The fourth-order valence-electron chi connectivity index (χ4n) is 4.63. The van der Waals surface area contributed by atoms with Crippen molar-refractivity contribution in [2.45, 2.75) is 9.79 Å². The Morgan fingerprint density at radius 1 is 0.593 bits per heavy atom. The number of nitrogen functional groups attached to an aromatic ring is 2. The molecule has 0 fully saturated rings. The number of nitrogens with one attached hydrogen (secondary N) is 2. The second-order valence-electron chi connectivity index (χ2n) is 10.5. The van der Waals surface area contributed by atoms with Crippen LogP contribution >= 0.6 is 0 Å². The molecule has 22 nitrogen and oxygen atoms in total. The van der Waals surface area contributed by atoms with Crippen LogP contribution in [0.15, 0.2) is 46.2 Å². The maximum atomic E-state index is 12.3. The van der Waals surface area contributed by atoms with Crippen molar-refractivity contribution in [1.29, 1.82) is 0 Å². The fraction of sp³-hybridized carbons (Fsp3) is 0.286. The van der Waals surface area contributed by atoms with Crippen LogP contribution in [0.1, 0.15) is 11.1 Å². The van der Waals surface area contributed by atoms with E-state index < -0.39 is 30.0 Å². The number of nitrogens with two attached hydrogens (primary N) is 2. The first-order valence-electron chi connectivity index (χ1n) is 15.0. The molecule has 4 aromatic rings. The molecule has 0 amide bonds. The number of hydrogen-bond acceptors (Lipinski definition) is 22. The maximum absolute atomic E-state index is 12.3. The van der Waals surface area contributed by atoms with E-state index >= 15 is 0 Å². The molecule has 10 N–H and O–H groups in total. The quantitative estimate of drug-likeness (QED) is 0.0263. The molecule has 2 aromatic carbocycles. The second-order valence-corrected chi connectivity index (χ2v) is 13.2. The van der Waals surface area contributed by atoms with E-state index in [1.807, 2.05) is 0 Å². The summed E-state index contributed by atoms with van der Waals surface area (Å²) < 4.78 is 73.7. The van der Waals surface area contributed by atoms with E-state index in [9.17, 15) is 46.4 Å². The zero-order valence-corrected chi connectivity index (χ0v) is 34.7. The van der Waals surface area contributed by atoms with Crippen molar-refractivity contribution in [1.82, 2.24) is 29.9 Å². The van der Waals surface area contributed by atoms with Gasteiger partial charge in [-0.2, -0.15) is 29.9 Å². The Kier molecular flexibility index (Phi) is 18.3. The van der Waals surface area contributed by atoms with Gasteiger partial charge in [-0.3, -0.25) is 0 Å². The summed E-state index contributed by atoms with van der Waals surface area (Å²) in [7, 11) is -10.3. The predicted octanol–water partition coefficient (Wildman–Crippen LogP) is -7.72. The molecule has 0 aliphatic rings. The van der Waals surface area contributed by atoms with Crippen LogP contribution in [-0.2, 0) is 20.2 Å². The summed E-state index contributed by atoms with van der Waals surface area (Å²) in [5.41, 5.74) is 11.3. The van der Waals surface area contributed by atoms with Gasteiger partial charge in [-0.15, -0.1) is 0 Å². The van der Waals surface area contributed by atoms with Crippen molar-refractivity contribution in [3.05, 3.63) is 47.5 Å². The monoisotopic (exact) mass is 808 g/mol. The number of rotatable bonds is 18. The van der Waals surface area contributed by atoms with Gasteiger partial charge in [0.25, 0.3) is 0 Å². The van der Waals surface area contributed by atoms with Crippen molar-refractivity contribution < 1.29 is 105 Å². The van der Waals surface area contributed by atoms with Gasteiger partial charge in [0.2, 0.25) is 35.7 Å². The van der Waals surface area contributed by atoms with Crippen LogP contribution in [0.4, 0.5) is 47.1 Å². The molecule has 0 atom stereocenters. The number of hydrogen-bond donors (Lipinski definition) is 8. The molecule has 54 heavy (non-hydrogen) atoms. The number of anilines is 8. The second kappa shape index (κ2) is 21.1. The van der Waals surface area contributed by atoms with Gasteiger partial charge in [0, 0.05) is 37.6 Å². The van der Waals surface area contributed by atoms with Crippen molar-refractivity contribution in [2.24, 2.45) is 0 Å². The summed E-state index contributed by atoms with van der Waals surface area (Å²) in [6.45, 7) is -0.903. The van der Waals surface area contributed by atoms with Gasteiger partial charge in [0.15, 0.2) is 0 Å². The van der Waals surface area contributed by atoms with Crippen molar-refractivity contribution in [2.75, 3.05) is 84.5 Å². The molecule has 26 heteroatoms. The molecular weight excluding hydrogens is 774 g/mol. The number of aliphatic hydroxyl groups is 4. The molecule has 2 aromatic heterocycles. The average Bonchev–Trinajstić information content (AvgIpc) is 3.06. The van der Waals surface area contributed by atoms with E-state index in [2.05, 4.69) is 40.5 Å². The van der Waals surface area contributed by atoms with Crippen LogP contribution in [0.25, 0.3) is 12.2 Å². The SMILES string of the molecule is Nc1nc(Nc2ccc(/C=C/c3ccc(Nc4nc(N)nc(N(CCO)CCO)n4)cc3S(=O)(=O)[O-])c(S(=O)(=O)[O-])c2)nc(N(CCO)CCO)n1.[Na+].[Na+]. The first-order chi connectivity index (χ1) is 24.6. The molecule has 0 saturated heterocycles. The van der Waals surface area contributed by atoms with E-state index in [-0.39, 0.29) is 170 Å². The average molecular weight is 809 g/mol. The number of benzene rings is 2. The summed E-state index contributed by atoms with van der Waals surface area (Å²) >= 11 is 0. The van der Waals surface area contributed by atoms with Crippen LogP contribution in [0.3, 0.4) is 0 Å². The third-order valence-corrected chi connectivity index (χ3v) is 8.63. The standard InChI is InChI=1S/C28H36N12O10S2.2Na/c29-23-33-25(37-27(35-23)39(7-11-41)8-12-42)31-19-5-3-17(21(15-19)51(45,46)47)1-2-18-4-6-20(16-22(18)52(48,49)50)32-26-34-24(30)36-28(38-26)40(9-13-43)10-14-44;;/h1-6,15-16,41-44H,7-14H2,(H,45,46,47)(H,48,49,50)(H3,29,31,33,35,37)(H3,30,32,34,36,38);;/q;2*+1/p-2/b2-1+;;. The largest absolute Gasteiger partial charge is 1.00 e. The van der Waals surface area contributed by atoms with Gasteiger partial charge < -0.3 is 61.4 Å². The third-order valence-electron chi connectivity index (χ3n) is 6.85. The predicted molar refractivity (Wildman–Crippen MR) is 186 cm³/mol. The van der Waals surface area contributed by atoms with E-state index in [4.69, 9.17) is 11.5 Å². The van der Waals surface area contributed by atoms with Crippen LogP contribution in [0.5, 0.6) is 0 Å². The Labute approximate surface area is 353 Å². The zero-order chi connectivity index (χ0) is 38.1. The van der Waals surface area contributed by atoms with Crippen LogP contribution < -0.4 is 91.0 Å². The van der Waals surface area contributed by atoms with Gasteiger partial charge in [0.05, 0.1) is 36.2 Å². The van der Waals surface area contributed by atoms with Gasteiger partial charge in [-0.25, -0.2) is 16.8 Å². The summed E-state index contributed by atoms with van der Waals surface area (Å²) in [6.07, 6.45) is 2.25. The fourth-order valence-corrected chi connectivity index (χ4v) is 6.02. The molecule has 0 aliphatic heterocycles. The Hall–Kier alpha value is -3.34. The number of aromatic nitrogens is 6. The van der Waals surface area contributed by atoms with Crippen molar-refractivity contribution in [3.8, 4) is 0 Å². The molecular formula is C28H34N12Na2O10S2. The van der Waals surface area contributed by atoms with Gasteiger partial charge in [-0.1, -0.05) is 24.3 Å². The zero-order valence-electron chi connectivity index (χ0n) is 29.1. The van der Waals surface area contributed by atoms with E-state index in [1.54, 1.807) is 0 Å². The van der Waals surface area contributed by atoms with Crippen LogP contribution in [0.2, 0.25) is 0 Å². The smallest absolute Gasteiger partial charge is 0.744 e. The Bertz CT molecular complexity index is 1980. The van der Waals surface area contributed by atoms with Gasteiger partial charge >= 0.3 is 59.1 Å². The minimum atomic E-state index is -5.13. The van der Waals surface area contributed by atoms with Crippen LogP contribution in [-0.4, -0.2) is 129 Å². The van der Waals surface area contributed by atoms with E-state index in [0.717, 1.165) is 24.3 Å². The summed E-state index contributed by atoms with van der Waals surface area (Å²) in [4.78, 5) is 25.6. The topological polar surface area (TPSA) is 355 Å². The number of aliphatic hydroxyl groups excluding tert-OH is 4. The summed E-state index contributed by atoms with van der Waals surface area (Å²) in [5, 5.41) is 42.7. The van der Waals surface area contributed by atoms with Crippen molar-refractivity contribution >= 4 is 79.5 Å². The van der Waals surface area contributed by atoms with Crippen LogP contribution in [0, 0.1) is 0 Å². The third kappa shape index (κ3) is 13.2. The minimum Gasteiger partial charge on any atom is -0.744 e. The van der Waals surface area contributed by atoms with E-state index in [1.165, 1.54) is 34.1 Å². The first kappa shape index (κ1) is 46.8. The van der Waals surface area contributed by atoms with Gasteiger partial charge in [0.1, 0.15) is 20.2 Å². The molecule has 0 bridgehead atoms.